The van der Waals surface area contributed by atoms with Crippen molar-refractivity contribution in [1.82, 2.24) is 0 Å². The number of hydrogen-bond acceptors (Lipinski definition) is 0. The summed E-state index contributed by atoms with van der Waals surface area (Å²) in [6.45, 7) is 0. The predicted octanol–water partition coefficient (Wildman–Crippen LogP) is -1.42. The zero-order valence-electron chi connectivity index (χ0n) is 5.93. The van der Waals surface area contributed by atoms with Gasteiger partial charge in [0, 0.05) is 0 Å². The topological polar surface area (TPSA) is 0 Å². The Morgan fingerprint density at radius 1 is 1.27 bits per heavy atom. The van der Waals surface area contributed by atoms with Crippen LogP contribution in [-0.4, -0.2) is 21.7 Å². The molecule has 0 saturated heterocycles. The van der Waals surface area contributed by atoms with Gasteiger partial charge in [-0.1, -0.05) is 18.2 Å². The molecule has 0 radical (unpaired) electrons. The molecule has 1 rings (SSSR count). The Morgan fingerprint density at radius 3 is 1.82 bits per heavy atom. The van der Waals surface area contributed by atoms with Gasteiger partial charge in [0.25, 0.3) is 0 Å². The molecule has 0 N–H and O–H groups in total. The van der Waals surface area contributed by atoms with Gasteiger partial charge in [0.2, 0.25) is 0 Å². The summed E-state index contributed by atoms with van der Waals surface area (Å²) in [4.78, 5) is 0. The molecule has 1 aromatic rings. The smallest absolute Gasteiger partial charge is 0.123 e. The number of hydrogen-bond donors (Lipinski definition) is 0. The molecule has 1 aromatic carbocycles. The van der Waals surface area contributed by atoms with Crippen molar-refractivity contribution in [3.63, 3.8) is 0 Å². The molecule has 0 aliphatic heterocycles. The molecule has 0 unspecified atom stereocenters. The molecular formula is C8H6BrFMg. The Labute approximate surface area is 89.4 Å². The molecule has 11 heavy (non-hydrogen) atoms. The summed E-state index contributed by atoms with van der Waals surface area (Å²) in [6, 6.07) is 7.94. The molecule has 0 aromatic heterocycles. The van der Waals surface area contributed by atoms with Crippen molar-refractivity contribution in [3.05, 3.63) is 36.1 Å². The summed E-state index contributed by atoms with van der Waals surface area (Å²) in [7, 11) is 0. The minimum atomic E-state index is -0.178. The third-order valence-corrected chi connectivity index (χ3v) is 0.733. The molecular weight excluding hydrogens is 219 g/mol. The van der Waals surface area contributed by atoms with Gasteiger partial charge in [0.15, 0.2) is 0 Å². The third-order valence-electron chi connectivity index (χ3n) is 0.733. The van der Waals surface area contributed by atoms with Gasteiger partial charge in [0.05, 0.1) is 0 Å². The van der Waals surface area contributed by atoms with Crippen LogP contribution in [0.15, 0.2) is 30.3 Å². The fourth-order valence-corrected chi connectivity index (χ4v) is 0.415. The van der Waals surface area contributed by atoms with Gasteiger partial charge in [0.1, 0.15) is 5.82 Å². The Hall–Kier alpha value is -0.0438. The summed E-state index contributed by atoms with van der Waals surface area (Å²) in [5, 5.41) is 0. The molecule has 0 fully saturated rings. The summed E-state index contributed by atoms with van der Waals surface area (Å²) >= 11 is 1.50. The molecule has 0 saturated carbocycles. The van der Waals surface area contributed by atoms with Crippen molar-refractivity contribution in [3.8, 4) is 10.5 Å². The van der Waals surface area contributed by atoms with Gasteiger partial charge in [-0.05, 0) is 12.1 Å². The van der Waals surface area contributed by atoms with Crippen molar-refractivity contribution in [2.75, 3.05) is 0 Å². The summed E-state index contributed by atoms with van der Waals surface area (Å²) in [6.07, 6.45) is 4.61. The maximum absolute atomic E-state index is 11.9. The quantitative estimate of drug-likeness (QED) is 0.375. The van der Waals surface area contributed by atoms with Crippen LogP contribution in [0.5, 0.6) is 0 Å². The van der Waals surface area contributed by atoms with E-state index in [1.54, 1.807) is 18.2 Å². The summed E-state index contributed by atoms with van der Waals surface area (Å²) in [5.41, 5.74) is 0. The van der Waals surface area contributed by atoms with E-state index in [0.29, 0.717) is 0 Å². The van der Waals surface area contributed by atoms with Gasteiger partial charge in [-0.2, -0.15) is 0 Å². The third kappa shape index (κ3) is 9.96. The van der Waals surface area contributed by atoms with Gasteiger partial charge in [-0.3, -0.25) is 0 Å². The second kappa shape index (κ2) is 9.96. The monoisotopic (exact) mass is 224 g/mol. The second-order valence-corrected chi connectivity index (χ2v) is 1.91. The van der Waals surface area contributed by atoms with Gasteiger partial charge < -0.3 is 17.0 Å². The first-order chi connectivity index (χ1) is 4.81. The molecule has 0 heterocycles. The van der Waals surface area contributed by atoms with Crippen molar-refractivity contribution in [2.45, 2.75) is 0 Å². The standard InChI is InChI=1S/C6H5F.C2H.BrH.Mg/c7-6-4-2-1-3-5-6;1-2;;/h1-5H;1H;1H;/q;;;+1/p-1. The first-order valence-corrected chi connectivity index (χ1v) is 3.45. The molecule has 0 aliphatic carbocycles. The van der Waals surface area contributed by atoms with Gasteiger partial charge in [-0.15, -0.1) is 0 Å². The number of terminal acetylenes is 1. The molecule has 0 nitrogen and oxygen atoms in total. The van der Waals surface area contributed by atoms with Gasteiger partial charge in [-0.25, -0.2) is 4.39 Å². The van der Waals surface area contributed by atoms with E-state index in [-0.39, 0.29) is 22.8 Å². The Balaban J connectivity index is 0. The predicted molar refractivity (Wildman–Crippen MR) is 41.0 cm³/mol. The van der Waals surface area contributed by atoms with E-state index in [9.17, 15) is 4.39 Å². The number of benzene rings is 1. The minimum Gasteiger partial charge on any atom is -1.00 e. The van der Waals surface area contributed by atoms with Crippen molar-refractivity contribution >= 4 is 21.7 Å². The molecule has 54 valence electrons. The first-order valence-electron chi connectivity index (χ1n) is 2.74. The van der Waals surface area contributed by atoms with Crippen LogP contribution in [0.3, 0.4) is 0 Å². The van der Waals surface area contributed by atoms with Crippen LogP contribution < -0.4 is 17.0 Å². The van der Waals surface area contributed by atoms with Crippen molar-refractivity contribution < 1.29 is 21.4 Å². The van der Waals surface area contributed by atoms with E-state index in [0.717, 1.165) is 0 Å². The molecule has 0 atom stereocenters. The normalized spacial score (nSPS) is 6.36. The Morgan fingerprint density at radius 2 is 1.64 bits per heavy atom. The minimum absolute atomic E-state index is 0. The maximum Gasteiger partial charge on any atom is 0.123 e. The molecule has 0 spiro atoms. The average Bonchev–Trinajstić information content (AvgIpc) is 1.91. The number of halogens is 2. The maximum atomic E-state index is 11.9. The average molecular weight is 225 g/mol. The fourth-order valence-electron chi connectivity index (χ4n) is 0.415. The number of rotatable bonds is 0. The van der Waals surface area contributed by atoms with Crippen LogP contribution in [0.2, 0.25) is 0 Å². The van der Waals surface area contributed by atoms with E-state index >= 15 is 0 Å². The zero-order chi connectivity index (χ0) is 7.82. The zero-order valence-corrected chi connectivity index (χ0v) is 8.93. The van der Waals surface area contributed by atoms with Crippen LogP contribution in [0.4, 0.5) is 4.39 Å². The molecule has 0 amide bonds. The van der Waals surface area contributed by atoms with Crippen LogP contribution in [-0.2, 0) is 0 Å². The van der Waals surface area contributed by atoms with Crippen LogP contribution >= 0.6 is 0 Å². The SMILES string of the molecule is C#[C][Mg+].Fc1ccccc1.[Br-]. The van der Waals surface area contributed by atoms with Crippen LogP contribution in [0.1, 0.15) is 0 Å². The Kier molecular flexibility index (Phi) is 12.3. The second-order valence-electron chi connectivity index (χ2n) is 1.50. The van der Waals surface area contributed by atoms with Crippen LogP contribution in [0.25, 0.3) is 0 Å². The molecule has 0 bridgehead atoms. The van der Waals surface area contributed by atoms with E-state index in [4.69, 9.17) is 0 Å². The van der Waals surface area contributed by atoms with Crippen molar-refractivity contribution in [1.29, 1.82) is 0 Å². The van der Waals surface area contributed by atoms with Crippen LogP contribution in [0, 0.1) is 16.3 Å². The summed E-state index contributed by atoms with van der Waals surface area (Å²) in [5.74, 6) is -0.178. The van der Waals surface area contributed by atoms with Crippen molar-refractivity contribution in [2.24, 2.45) is 0 Å². The van der Waals surface area contributed by atoms with E-state index in [2.05, 4.69) is 10.5 Å². The summed E-state index contributed by atoms with van der Waals surface area (Å²) < 4.78 is 14.2. The van der Waals surface area contributed by atoms with E-state index in [1.807, 2.05) is 0 Å². The largest absolute Gasteiger partial charge is 1.00 e. The molecule has 3 heteroatoms. The molecule has 0 aliphatic rings. The first kappa shape index (κ1) is 13.5. The van der Waals surface area contributed by atoms with E-state index < -0.39 is 0 Å². The fraction of sp³-hybridized carbons (Fsp3) is 0. The van der Waals surface area contributed by atoms with Gasteiger partial charge >= 0.3 is 32.2 Å². The Bertz CT molecular complexity index is 205. The van der Waals surface area contributed by atoms with E-state index in [1.165, 1.54) is 33.8 Å².